The largest absolute Gasteiger partial charge is 0.329 e. The molecule has 20 heavy (non-hydrogen) atoms. The van der Waals surface area contributed by atoms with Gasteiger partial charge in [-0.15, -0.1) is 0 Å². The number of hydrogen-bond donors (Lipinski definition) is 1. The van der Waals surface area contributed by atoms with Crippen LogP contribution < -0.4 is 10.6 Å². The first-order chi connectivity index (χ1) is 9.69. The highest BCUT2D eigenvalue weighted by Gasteiger charge is 2.11. The van der Waals surface area contributed by atoms with Crippen LogP contribution in [0.5, 0.6) is 0 Å². The Morgan fingerprint density at radius 1 is 1.25 bits per heavy atom. The van der Waals surface area contributed by atoms with Crippen LogP contribution in [0.3, 0.4) is 0 Å². The van der Waals surface area contributed by atoms with Gasteiger partial charge in [-0.2, -0.15) is 14.6 Å². The molecular formula is C14H16N6. The van der Waals surface area contributed by atoms with Gasteiger partial charge in [-0.1, -0.05) is 12.1 Å². The molecule has 3 aromatic rings. The van der Waals surface area contributed by atoms with Crippen molar-refractivity contribution in [2.45, 2.75) is 13.5 Å². The number of benzene rings is 1. The fourth-order valence-corrected chi connectivity index (χ4v) is 2.14. The van der Waals surface area contributed by atoms with E-state index in [1.807, 2.05) is 44.3 Å². The molecule has 0 amide bonds. The number of aromatic nitrogens is 4. The SMILES string of the molecule is Cc1cc(N(C)c2ccc(CN)cc2)n2ncnc2n1. The first kappa shape index (κ1) is 12.6. The van der Waals surface area contributed by atoms with Crippen LogP contribution >= 0.6 is 0 Å². The van der Waals surface area contributed by atoms with E-state index < -0.39 is 0 Å². The molecule has 0 spiro atoms. The lowest BCUT2D eigenvalue weighted by molar-refractivity contribution is 0.903. The maximum atomic E-state index is 5.62. The molecule has 1 aromatic carbocycles. The second-order valence-corrected chi connectivity index (χ2v) is 4.66. The minimum absolute atomic E-state index is 0.547. The van der Waals surface area contributed by atoms with Gasteiger partial charge in [0.05, 0.1) is 0 Å². The Hall–Kier alpha value is -2.47. The zero-order chi connectivity index (χ0) is 14.1. The molecule has 3 rings (SSSR count). The molecule has 0 aliphatic rings. The number of rotatable bonds is 3. The Labute approximate surface area is 116 Å². The van der Waals surface area contributed by atoms with Gasteiger partial charge in [-0.05, 0) is 24.6 Å². The third-order valence-corrected chi connectivity index (χ3v) is 3.26. The molecule has 0 aliphatic heterocycles. The summed E-state index contributed by atoms with van der Waals surface area (Å²) in [6.07, 6.45) is 1.51. The van der Waals surface area contributed by atoms with E-state index in [0.29, 0.717) is 12.3 Å². The predicted molar refractivity (Wildman–Crippen MR) is 77.9 cm³/mol. The van der Waals surface area contributed by atoms with Gasteiger partial charge in [0.25, 0.3) is 5.78 Å². The second kappa shape index (κ2) is 4.90. The van der Waals surface area contributed by atoms with Crippen LogP contribution in [0.4, 0.5) is 11.5 Å². The predicted octanol–water partition coefficient (Wildman–Crippen LogP) is 1.66. The van der Waals surface area contributed by atoms with Gasteiger partial charge in [0.15, 0.2) is 0 Å². The lowest BCUT2D eigenvalue weighted by Crippen LogP contribution is -2.15. The molecule has 0 aliphatic carbocycles. The summed E-state index contributed by atoms with van der Waals surface area (Å²) in [5, 5.41) is 4.22. The summed E-state index contributed by atoms with van der Waals surface area (Å²) >= 11 is 0. The van der Waals surface area contributed by atoms with Gasteiger partial charge < -0.3 is 10.6 Å². The summed E-state index contributed by atoms with van der Waals surface area (Å²) in [4.78, 5) is 10.5. The van der Waals surface area contributed by atoms with E-state index in [1.165, 1.54) is 6.33 Å². The number of aryl methyl sites for hydroxylation is 1. The summed E-state index contributed by atoms with van der Waals surface area (Å²) in [6.45, 7) is 2.50. The second-order valence-electron chi connectivity index (χ2n) is 4.66. The van der Waals surface area contributed by atoms with Crippen LogP contribution in [0, 0.1) is 6.92 Å². The minimum Gasteiger partial charge on any atom is -0.329 e. The molecule has 2 heterocycles. The average Bonchev–Trinajstić information content (AvgIpc) is 2.94. The summed E-state index contributed by atoms with van der Waals surface area (Å²) < 4.78 is 1.73. The van der Waals surface area contributed by atoms with Crippen molar-refractivity contribution < 1.29 is 0 Å². The van der Waals surface area contributed by atoms with Gasteiger partial charge in [0.2, 0.25) is 0 Å². The molecule has 0 radical (unpaired) electrons. The van der Waals surface area contributed by atoms with Gasteiger partial charge in [-0.25, -0.2) is 4.98 Å². The smallest absolute Gasteiger partial charge is 0.254 e. The Bertz CT molecular complexity index is 731. The monoisotopic (exact) mass is 268 g/mol. The summed E-state index contributed by atoms with van der Waals surface area (Å²) in [5.74, 6) is 1.52. The highest BCUT2D eigenvalue weighted by molar-refractivity contribution is 5.61. The van der Waals surface area contributed by atoms with E-state index >= 15 is 0 Å². The molecular weight excluding hydrogens is 252 g/mol. The van der Waals surface area contributed by atoms with Crippen LogP contribution in [-0.2, 0) is 6.54 Å². The van der Waals surface area contributed by atoms with Crippen LogP contribution in [0.2, 0.25) is 0 Å². The first-order valence-electron chi connectivity index (χ1n) is 6.39. The molecule has 0 saturated heterocycles. The standard InChI is InChI=1S/C14H16N6/c1-10-7-13(20-14(18-10)16-9-17-20)19(2)12-5-3-11(8-15)4-6-12/h3-7,9H,8,15H2,1-2H3. The van der Waals surface area contributed by atoms with E-state index in [9.17, 15) is 0 Å². The van der Waals surface area contributed by atoms with Crippen molar-refractivity contribution in [3.63, 3.8) is 0 Å². The van der Waals surface area contributed by atoms with E-state index in [4.69, 9.17) is 5.73 Å². The number of anilines is 2. The van der Waals surface area contributed by atoms with E-state index in [2.05, 4.69) is 20.0 Å². The minimum atomic E-state index is 0.547. The molecule has 2 aromatic heterocycles. The molecule has 2 N–H and O–H groups in total. The summed E-state index contributed by atoms with van der Waals surface area (Å²) in [5.41, 5.74) is 8.70. The summed E-state index contributed by atoms with van der Waals surface area (Å²) in [7, 11) is 1.99. The van der Waals surface area contributed by atoms with Gasteiger partial charge in [-0.3, -0.25) is 0 Å². The normalized spacial score (nSPS) is 10.9. The maximum Gasteiger partial charge on any atom is 0.254 e. The Kier molecular flexibility index (Phi) is 3.08. The highest BCUT2D eigenvalue weighted by Crippen LogP contribution is 2.24. The number of nitrogens with zero attached hydrogens (tertiary/aromatic N) is 5. The van der Waals surface area contributed by atoms with Crippen LogP contribution in [0.15, 0.2) is 36.7 Å². The number of nitrogens with two attached hydrogens (primary N) is 1. The quantitative estimate of drug-likeness (QED) is 0.782. The van der Waals surface area contributed by atoms with E-state index in [1.54, 1.807) is 4.52 Å². The van der Waals surface area contributed by atoms with Crippen molar-refractivity contribution in [3.05, 3.63) is 47.9 Å². The van der Waals surface area contributed by atoms with Crippen molar-refractivity contribution in [3.8, 4) is 0 Å². The molecule has 0 bridgehead atoms. The van der Waals surface area contributed by atoms with Crippen molar-refractivity contribution >= 4 is 17.3 Å². The van der Waals surface area contributed by atoms with E-state index in [-0.39, 0.29) is 0 Å². The third-order valence-electron chi connectivity index (χ3n) is 3.26. The molecule has 0 unspecified atom stereocenters. The third kappa shape index (κ3) is 2.10. The number of fused-ring (bicyclic) bond motifs is 1. The average molecular weight is 268 g/mol. The first-order valence-corrected chi connectivity index (χ1v) is 6.39. The molecule has 102 valence electrons. The van der Waals surface area contributed by atoms with Crippen molar-refractivity contribution in [1.29, 1.82) is 0 Å². The van der Waals surface area contributed by atoms with Crippen molar-refractivity contribution in [2.75, 3.05) is 11.9 Å². The molecule has 0 saturated carbocycles. The molecule has 6 heteroatoms. The molecule has 0 fully saturated rings. The Morgan fingerprint density at radius 2 is 2.00 bits per heavy atom. The Morgan fingerprint density at radius 3 is 2.70 bits per heavy atom. The van der Waals surface area contributed by atoms with Crippen LogP contribution in [0.25, 0.3) is 5.78 Å². The highest BCUT2D eigenvalue weighted by atomic mass is 15.4. The Balaban J connectivity index is 2.06. The maximum absolute atomic E-state index is 5.62. The van der Waals surface area contributed by atoms with E-state index in [0.717, 1.165) is 22.8 Å². The zero-order valence-corrected chi connectivity index (χ0v) is 11.5. The number of hydrogen-bond acceptors (Lipinski definition) is 5. The zero-order valence-electron chi connectivity index (χ0n) is 11.5. The van der Waals surface area contributed by atoms with Crippen molar-refractivity contribution in [2.24, 2.45) is 5.73 Å². The van der Waals surface area contributed by atoms with Gasteiger partial charge in [0, 0.05) is 31.0 Å². The lowest BCUT2D eigenvalue weighted by Gasteiger charge is -2.20. The van der Waals surface area contributed by atoms with Gasteiger partial charge in [0.1, 0.15) is 12.1 Å². The van der Waals surface area contributed by atoms with Crippen LogP contribution in [0.1, 0.15) is 11.3 Å². The lowest BCUT2D eigenvalue weighted by atomic mass is 10.2. The van der Waals surface area contributed by atoms with Crippen LogP contribution in [-0.4, -0.2) is 26.6 Å². The summed E-state index contributed by atoms with van der Waals surface area (Å²) in [6, 6.07) is 10.1. The molecule has 0 atom stereocenters. The molecule has 6 nitrogen and oxygen atoms in total. The fraction of sp³-hybridized carbons (Fsp3) is 0.214. The topological polar surface area (TPSA) is 72.3 Å². The fourth-order valence-electron chi connectivity index (χ4n) is 2.14. The van der Waals surface area contributed by atoms with Crippen molar-refractivity contribution in [1.82, 2.24) is 19.6 Å². The van der Waals surface area contributed by atoms with Gasteiger partial charge >= 0.3 is 0 Å².